The first kappa shape index (κ1) is 24.4. The number of aromatic nitrogens is 1. The molecule has 180 valence electrons. The van der Waals surface area contributed by atoms with Crippen molar-refractivity contribution < 1.29 is 28.2 Å². The molecule has 4 nitrogen and oxygen atoms in total. The molecule has 4 rings (SSSR count). The van der Waals surface area contributed by atoms with Crippen molar-refractivity contribution >= 4 is 34.0 Å². The first-order valence-electron chi connectivity index (χ1n) is 10.7. The van der Waals surface area contributed by atoms with E-state index in [-0.39, 0.29) is 18.0 Å². The van der Waals surface area contributed by atoms with Crippen molar-refractivity contribution in [2.45, 2.75) is 26.6 Å². The smallest absolute Gasteiger partial charge is 0.416 e. The largest absolute Gasteiger partial charge is 0.494 e. The Morgan fingerprint density at radius 3 is 2.26 bits per heavy atom. The number of fused-ring (bicyclic) bond motifs is 1. The van der Waals surface area contributed by atoms with Crippen LogP contribution in [0.5, 0.6) is 5.88 Å². The molecule has 35 heavy (non-hydrogen) atoms. The number of carbonyl (C=O) groups is 1. The molecular weight excluding hydrogens is 479 g/mol. The van der Waals surface area contributed by atoms with Crippen LogP contribution in [-0.4, -0.2) is 20.7 Å². The highest BCUT2D eigenvalue weighted by Gasteiger charge is 2.30. The van der Waals surface area contributed by atoms with Crippen LogP contribution in [-0.2, 0) is 12.7 Å². The van der Waals surface area contributed by atoms with Gasteiger partial charge in [-0.25, -0.2) is 4.79 Å². The van der Waals surface area contributed by atoms with Crippen LogP contribution in [0.3, 0.4) is 0 Å². The molecule has 1 aromatic heterocycles. The zero-order valence-electron chi connectivity index (χ0n) is 18.8. The summed E-state index contributed by atoms with van der Waals surface area (Å²) in [6, 6.07) is 16.3. The Hall–Kier alpha value is -3.71. The Labute approximate surface area is 204 Å². The fourth-order valence-electron chi connectivity index (χ4n) is 4.21. The van der Waals surface area contributed by atoms with Crippen LogP contribution in [0.1, 0.15) is 46.5 Å². The lowest BCUT2D eigenvalue weighted by atomic mass is 9.92. The fourth-order valence-corrected chi connectivity index (χ4v) is 4.39. The molecule has 0 radical (unpaired) electrons. The second-order valence-electron chi connectivity index (χ2n) is 8.40. The van der Waals surface area contributed by atoms with E-state index in [0.717, 1.165) is 17.7 Å². The van der Waals surface area contributed by atoms with Crippen LogP contribution in [0.15, 0.2) is 72.3 Å². The maximum absolute atomic E-state index is 13.1. The highest BCUT2D eigenvalue weighted by molar-refractivity contribution is 6.31. The number of rotatable bonds is 5. The van der Waals surface area contributed by atoms with Gasteiger partial charge in [-0.3, -0.25) is 0 Å². The van der Waals surface area contributed by atoms with Crippen molar-refractivity contribution in [1.82, 2.24) is 4.57 Å². The lowest BCUT2D eigenvalue weighted by Gasteiger charge is -2.13. The number of hydrogen-bond donors (Lipinski definition) is 2. The summed E-state index contributed by atoms with van der Waals surface area (Å²) >= 11 is 6.27. The Balaban J connectivity index is 1.91. The average Bonchev–Trinajstić information content (AvgIpc) is 3.04. The van der Waals surface area contributed by atoms with E-state index >= 15 is 0 Å². The second kappa shape index (κ2) is 9.15. The van der Waals surface area contributed by atoms with Gasteiger partial charge in [-0.05, 0) is 73.0 Å². The van der Waals surface area contributed by atoms with Crippen LogP contribution < -0.4 is 0 Å². The number of carboxylic acids is 1. The summed E-state index contributed by atoms with van der Waals surface area (Å²) in [5.74, 6) is -1.16. The summed E-state index contributed by atoms with van der Waals surface area (Å²) in [7, 11) is 0. The summed E-state index contributed by atoms with van der Waals surface area (Å²) in [4.78, 5) is 11.4. The second-order valence-corrected chi connectivity index (χ2v) is 8.84. The summed E-state index contributed by atoms with van der Waals surface area (Å²) in [6.07, 6.45) is -4.46. The van der Waals surface area contributed by atoms with Gasteiger partial charge in [0.05, 0.1) is 28.8 Å². The van der Waals surface area contributed by atoms with E-state index in [2.05, 4.69) is 0 Å². The third-order valence-electron chi connectivity index (χ3n) is 5.76. The standard InChI is InChI=1S/C27H21ClF3NO3/c1-15(2)23(17-6-8-19(9-7-17)27(29,30)31)24-21-13-20(28)10-11-22(21)32(25(24)33)14-16-4-3-5-18(12-16)26(34)35/h3-13,33H,14H2,1-2H3,(H,34,35). The lowest BCUT2D eigenvalue weighted by Crippen LogP contribution is -2.04. The number of aromatic carboxylic acids is 1. The van der Waals surface area contributed by atoms with Gasteiger partial charge in [-0.2, -0.15) is 13.2 Å². The van der Waals surface area contributed by atoms with Gasteiger partial charge in [-0.1, -0.05) is 41.4 Å². The quantitative estimate of drug-likeness (QED) is 0.297. The average molecular weight is 500 g/mol. The fraction of sp³-hybridized carbons (Fsp3) is 0.148. The van der Waals surface area contributed by atoms with Crippen LogP contribution in [0.2, 0.25) is 5.02 Å². The predicted octanol–water partition coefficient (Wildman–Crippen LogP) is 7.61. The Morgan fingerprint density at radius 2 is 1.66 bits per heavy atom. The number of aromatic hydroxyl groups is 1. The number of allylic oxidation sites excluding steroid dienone is 1. The number of nitrogens with zero attached hydrogens (tertiary/aromatic N) is 1. The molecule has 0 saturated carbocycles. The SMILES string of the molecule is CC(C)=C(c1ccc(C(F)(F)F)cc1)c1c(O)n(Cc2cccc(C(=O)O)c2)c2ccc(Cl)cc12. The summed E-state index contributed by atoms with van der Waals surface area (Å²) in [6.45, 7) is 3.81. The lowest BCUT2D eigenvalue weighted by molar-refractivity contribution is -0.137. The van der Waals surface area contributed by atoms with E-state index < -0.39 is 17.7 Å². The van der Waals surface area contributed by atoms with Gasteiger partial charge in [0.15, 0.2) is 0 Å². The van der Waals surface area contributed by atoms with Crippen LogP contribution in [0, 0.1) is 0 Å². The number of carboxylic acid groups (broad SMARTS) is 1. The van der Waals surface area contributed by atoms with Crippen molar-refractivity contribution in [3.8, 4) is 5.88 Å². The van der Waals surface area contributed by atoms with Crippen molar-refractivity contribution in [3.05, 3.63) is 105 Å². The minimum absolute atomic E-state index is 0.0981. The van der Waals surface area contributed by atoms with Gasteiger partial charge in [0, 0.05) is 10.4 Å². The Bertz CT molecular complexity index is 1460. The van der Waals surface area contributed by atoms with Crippen molar-refractivity contribution in [3.63, 3.8) is 0 Å². The van der Waals surface area contributed by atoms with E-state index in [1.54, 1.807) is 34.9 Å². The zero-order chi connectivity index (χ0) is 25.5. The molecule has 0 aliphatic heterocycles. The maximum atomic E-state index is 13.1. The molecule has 2 N–H and O–H groups in total. The van der Waals surface area contributed by atoms with Gasteiger partial charge in [-0.15, -0.1) is 0 Å². The van der Waals surface area contributed by atoms with E-state index in [1.165, 1.54) is 24.3 Å². The Kier molecular flexibility index (Phi) is 6.38. The molecule has 0 fully saturated rings. The summed E-state index contributed by atoms with van der Waals surface area (Å²) in [5.41, 5.74) is 2.99. The molecule has 8 heteroatoms. The molecule has 0 saturated heterocycles. The van der Waals surface area contributed by atoms with E-state index in [9.17, 15) is 28.2 Å². The van der Waals surface area contributed by atoms with Gasteiger partial charge in [0.2, 0.25) is 5.88 Å². The van der Waals surface area contributed by atoms with Crippen molar-refractivity contribution in [1.29, 1.82) is 0 Å². The number of hydrogen-bond acceptors (Lipinski definition) is 2. The highest BCUT2D eigenvalue weighted by Crippen LogP contribution is 2.42. The normalized spacial score (nSPS) is 11.6. The van der Waals surface area contributed by atoms with E-state index in [1.807, 2.05) is 13.8 Å². The molecular formula is C27H21ClF3NO3. The van der Waals surface area contributed by atoms with E-state index in [4.69, 9.17) is 11.6 Å². The van der Waals surface area contributed by atoms with Gasteiger partial charge in [0.1, 0.15) is 0 Å². The molecule has 0 spiro atoms. The minimum atomic E-state index is -4.46. The monoisotopic (exact) mass is 499 g/mol. The number of halogens is 4. The first-order valence-corrected chi connectivity index (χ1v) is 11.0. The van der Waals surface area contributed by atoms with Crippen LogP contribution >= 0.6 is 11.6 Å². The highest BCUT2D eigenvalue weighted by atomic mass is 35.5. The van der Waals surface area contributed by atoms with E-state index in [0.29, 0.717) is 38.2 Å². The molecule has 0 aliphatic rings. The molecule has 4 aromatic rings. The van der Waals surface area contributed by atoms with Gasteiger partial charge >= 0.3 is 12.1 Å². The third-order valence-corrected chi connectivity index (χ3v) is 6.00. The number of benzene rings is 3. The predicted molar refractivity (Wildman–Crippen MR) is 130 cm³/mol. The molecule has 1 heterocycles. The molecule has 3 aromatic carbocycles. The van der Waals surface area contributed by atoms with Crippen LogP contribution in [0.4, 0.5) is 13.2 Å². The van der Waals surface area contributed by atoms with Crippen molar-refractivity contribution in [2.24, 2.45) is 0 Å². The summed E-state index contributed by atoms with van der Waals surface area (Å²) in [5, 5.41) is 21.8. The molecule has 0 aliphatic carbocycles. The zero-order valence-corrected chi connectivity index (χ0v) is 19.6. The molecule has 0 bridgehead atoms. The van der Waals surface area contributed by atoms with Gasteiger partial charge < -0.3 is 14.8 Å². The first-order chi connectivity index (χ1) is 16.5. The Morgan fingerprint density at radius 1 is 0.971 bits per heavy atom. The summed E-state index contributed by atoms with van der Waals surface area (Å²) < 4.78 is 40.9. The van der Waals surface area contributed by atoms with Crippen LogP contribution in [0.25, 0.3) is 16.5 Å². The topological polar surface area (TPSA) is 62.5 Å². The molecule has 0 amide bonds. The number of alkyl halides is 3. The van der Waals surface area contributed by atoms with Crippen molar-refractivity contribution in [2.75, 3.05) is 0 Å². The maximum Gasteiger partial charge on any atom is 0.416 e. The van der Waals surface area contributed by atoms with Gasteiger partial charge in [0.25, 0.3) is 0 Å². The third kappa shape index (κ3) is 4.77. The minimum Gasteiger partial charge on any atom is -0.494 e. The molecule has 0 unspecified atom stereocenters. The molecule has 0 atom stereocenters.